The van der Waals surface area contributed by atoms with Gasteiger partial charge in [-0.2, -0.15) is 0 Å². The van der Waals surface area contributed by atoms with E-state index in [1.807, 2.05) is 42.6 Å². The summed E-state index contributed by atoms with van der Waals surface area (Å²) in [6.07, 6.45) is 5.51. The number of aromatic nitrogens is 2. The summed E-state index contributed by atoms with van der Waals surface area (Å²) in [7, 11) is 0. The Morgan fingerprint density at radius 2 is 2.00 bits per heavy atom. The average Bonchev–Trinajstić information content (AvgIpc) is 3.27. The Kier molecular flexibility index (Phi) is 3.84. The van der Waals surface area contributed by atoms with Gasteiger partial charge < -0.3 is 9.88 Å². The molecule has 3 aromatic heterocycles. The summed E-state index contributed by atoms with van der Waals surface area (Å²) in [6, 6.07) is 18.0. The fourth-order valence-corrected chi connectivity index (χ4v) is 3.55. The lowest BCUT2D eigenvalue weighted by Crippen LogP contribution is -2.21. The van der Waals surface area contributed by atoms with Crippen molar-refractivity contribution in [3.8, 4) is 5.00 Å². The fraction of sp³-hybridized carbons (Fsp3) is 0.0526. The standard InChI is InChI=1S/C19H15N3OS/c23-19(21-13-14-4-3-10-20-12-14)17-7-8-18(24-17)22-11-9-15-5-1-2-6-16(15)22/h1-12H,13H2,(H,21,23). The Hall–Kier alpha value is -2.92. The molecule has 4 rings (SSSR count). The lowest BCUT2D eigenvalue weighted by molar-refractivity contribution is 0.0955. The lowest BCUT2D eigenvalue weighted by atomic mass is 10.2. The number of benzene rings is 1. The maximum atomic E-state index is 12.3. The van der Waals surface area contributed by atoms with Gasteiger partial charge in [-0.1, -0.05) is 24.3 Å². The summed E-state index contributed by atoms with van der Waals surface area (Å²) < 4.78 is 2.11. The smallest absolute Gasteiger partial charge is 0.261 e. The number of amides is 1. The zero-order valence-electron chi connectivity index (χ0n) is 12.8. The predicted molar refractivity (Wildman–Crippen MR) is 96.6 cm³/mol. The summed E-state index contributed by atoms with van der Waals surface area (Å²) in [4.78, 5) is 17.1. The van der Waals surface area contributed by atoms with Gasteiger partial charge in [0, 0.05) is 25.1 Å². The maximum absolute atomic E-state index is 12.3. The van der Waals surface area contributed by atoms with Gasteiger partial charge in [-0.3, -0.25) is 9.78 Å². The van der Waals surface area contributed by atoms with Gasteiger partial charge in [0.25, 0.3) is 5.91 Å². The molecule has 0 saturated carbocycles. The van der Waals surface area contributed by atoms with Crippen LogP contribution < -0.4 is 5.32 Å². The Bertz CT molecular complexity index is 988. The van der Waals surface area contributed by atoms with Crippen LogP contribution in [0, 0.1) is 0 Å². The van der Waals surface area contributed by atoms with Gasteiger partial charge in [0.1, 0.15) is 5.00 Å². The van der Waals surface area contributed by atoms with Crippen LogP contribution in [0.3, 0.4) is 0 Å². The highest BCUT2D eigenvalue weighted by molar-refractivity contribution is 7.16. The van der Waals surface area contributed by atoms with E-state index in [2.05, 4.69) is 33.1 Å². The maximum Gasteiger partial charge on any atom is 0.261 e. The van der Waals surface area contributed by atoms with Gasteiger partial charge in [0.05, 0.1) is 10.4 Å². The van der Waals surface area contributed by atoms with Crippen molar-refractivity contribution in [2.24, 2.45) is 0 Å². The quantitative estimate of drug-likeness (QED) is 0.613. The lowest BCUT2D eigenvalue weighted by Gasteiger charge is -2.03. The minimum absolute atomic E-state index is 0.0634. The highest BCUT2D eigenvalue weighted by atomic mass is 32.1. The van der Waals surface area contributed by atoms with Crippen molar-refractivity contribution in [2.45, 2.75) is 6.54 Å². The van der Waals surface area contributed by atoms with E-state index in [1.54, 1.807) is 12.4 Å². The SMILES string of the molecule is O=C(NCc1cccnc1)c1ccc(-n2ccc3ccccc32)s1. The number of nitrogens with one attached hydrogen (secondary N) is 1. The van der Waals surface area contributed by atoms with Crippen LogP contribution in [0.5, 0.6) is 0 Å². The van der Waals surface area contributed by atoms with E-state index in [-0.39, 0.29) is 5.91 Å². The molecular formula is C19H15N3OS. The molecule has 1 aromatic carbocycles. The molecule has 0 fully saturated rings. The van der Waals surface area contributed by atoms with Crippen LogP contribution >= 0.6 is 11.3 Å². The topological polar surface area (TPSA) is 46.9 Å². The monoisotopic (exact) mass is 333 g/mol. The van der Waals surface area contributed by atoms with Crippen LogP contribution in [-0.4, -0.2) is 15.5 Å². The number of thiophene rings is 1. The second-order valence-corrected chi connectivity index (χ2v) is 6.49. The van der Waals surface area contributed by atoms with Crippen LogP contribution in [0.1, 0.15) is 15.2 Å². The summed E-state index contributed by atoms with van der Waals surface area (Å²) >= 11 is 1.48. The van der Waals surface area contributed by atoms with Crippen molar-refractivity contribution in [1.82, 2.24) is 14.9 Å². The van der Waals surface area contributed by atoms with E-state index in [0.717, 1.165) is 16.1 Å². The average molecular weight is 333 g/mol. The molecule has 118 valence electrons. The number of rotatable bonds is 4. The molecule has 24 heavy (non-hydrogen) atoms. The molecule has 0 atom stereocenters. The van der Waals surface area contributed by atoms with Crippen LogP contribution in [0.25, 0.3) is 15.9 Å². The molecule has 5 heteroatoms. The Balaban J connectivity index is 1.53. The molecular weight excluding hydrogens is 318 g/mol. The second kappa shape index (κ2) is 6.29. The molecule has 0 aliphatic carbocycles. The van der Waals surface area contributed by atoms with Crippen molar-refractivity contribution < 1.29 is 4.79 Å². The third-order valence-corrected chi connectivity index (χ3v) is 4.91. The molecule has 0 radical (unpaired) electrons. The summed E-state index contributed by atoms with van der Waals surface area (Å²) in [5.74, 6) is -0.0634. The fourth-order valence-electron chi connectivity index (χ4n) is 2.63. The first-order valence-electron chi connectivity index (χ1n) is 7.65. The highest BCUT2D eigenvalue weighted by Gasteiger charge is 2.11. The molecule has 0 spiro atoms. The molecule has 0 aliphatic heterocycles. The number of hydrogen-bond donors (Lipinski definition) is 1. The van der Waals surface area contributed by atoms with E-state index in [1.165, 1.54) is 16.7 Å². The van der Waals surface area contributed by atoms with E-state index in [0.29, 0.717) is 11.4 Å². The third kappa shape index (κ3) is 2.81. The van der Waals surface area contributed by atoms with Gasteiger partial charge >= 0.3 is 0 Å². The van der Waals surface area contributed by atoms with Crippen molar-refractivity contribution >= 4 is 28.1 Å². The van der Waals surface area contributed by atoms with Gasteiger partial charge in [-0.05, 0) is 41.3 Å². The van der Waals surface area contributed by atoms with E-state index in [4.69, 9.17) is 0 Å². The predicted octanol–water partition coefficient (Wildman–Crippen LogP) is 4.02. The number of para-hydroxylation sites is 1. The number of pyridine rings is 1. The number of nitrogens with zero attached hydrogens (tertiary/aromatic N) is 2. The van der Waals surface area contributed by atoms with Gasteiger partial charge in [0.2, 0.25) is 0 Å². The normalized spacial score (nSPS) is 10.8. The minimum Gasteiger partial charge on any atom is -0.347 e. The van der Waals surface area contributed by atoms with E-state index < -0.39 is 0 Å². The van der Waals surface area contributed by atoms with Crippen molar-refractivity contribution in [3.05, 3.63) is 83.6 Å². The van der Waals surface area contributed by atoms with Crippen LogP contribution in [-0.2, 0) is 6.54 Å². The van der Waals surface area contributed by atoms with Crippen LogP contribution in [0.4, 0.5) is 0 Å². The zero-order chi connectivity index (χ0) is 16.4. The number of carbonyl (C=O) groups is 1. The molecule has 1 amide bonds. The van der Waals surface area contributed by atoms with Crippen molar-refractivity contribution in [3.63, 3.8) is 0 Å². The number of fused-ring (bicyclic) bond motifs is 1. The van der Waals surface area contributed by atoms with Gasteiger partial charge in [-0.15, -0.1) is 11.3 Å². The number of hydrogen-bond acceptors (Lipinski definition) is 3. The first-order valence-corrected chi connectivity index (χ1v) is 8.46. The molecule has 0 bridgehead atoms. The molecule has 1 N–H and O–H groups in total. The molecule has 0 saturated heterocycles. The molecule has 0 unspecified atom stereocenters. The molecule has 4 nitrogen and oxygen atoms in total. The Labute approximate surface area is 143 Å². The van der Waals surface area contributed by atoms with Gasteiger partial charge in [-0.25, -0.2) is 0 Å². The Morgan fingerprint density at radius 3 is 2.88 bits per heavy atom. The second-order valence-electron chi connectivity index (χ2n) is 5.43. The highest BCUT2D eigenvalue weighted by Crippen LogP contribution is 2.26. The largest absolute Gasteiger partial charge is 0.347 e. The van der Waals surface area contributed by atoms with Crippen LogP contribution in [0.2, 0.25) is 0 Å². The first kappa shape index (κ1) is 14.7. The number of carbonyl (C=O) groups excluding carboxylic acids is 1. The zero-order valence-corrected chi connectivity index (χ0v) is 13.7. The first-order chi connectivity index (χ1) is 11.8. The summed E-state index contributed by atoms with van der Waals surface area (Å²) in [6.45, 7) is 0.479. The summed E-state index contributed by atoms with van der Waals surface area (Å²) in [5.41, 5.74) is 2.13. The van der Waals surface area contributed by atoms with E-state index >= 15 is 0 Å². The van der Waals surface area contributed by atoms with Crippen LogP contribution in [0.15, 0.2) is 73.2 Å². The van der Waals surface area contributed by atoms with E-state index in [9.17, 15) is 4.79 Å². The Morgan fingerprint density at radius 1 is 1.08 bits per heavy atom. The molecule has 3 heterocycles. The minimum atomic E-state index is -0.0634. The van der Waals surface area contributed by atoms with Crippen molar-refractivity contribution in [2.75, 3.05) is 0 Å². The van der Waals surface area contributed by atoms with Crippen molar-refractivity contribution in [1.29, 1.82) is 0 Å². The van der Waals surface area contributed by atoms with Gasteiger partial charge in [0.15, 0.2) is 0 Å². The third-order valence-electron chi connectivity index (χ3n) is 3.83. The molecule has 0 aliphatic rings. The molecule has 4 aromatic rings. The summed E-state index contributed by atoms with van der Waals surface area (Å²) in [5, 5.41) is 5.15.